The standard InChI is InChI=1S/C40H38BrN3O4/c1-28-7-5-8-30(25-28)27-42-44-39(46)40(26-29-11-19-35(41)20-12-29)37(33-15-13-32(14-16-33)31-9-3-2-4-10-31)48-38(43-40)34-17-21-36(22-18-34)47-24-6-23-45/h2-5,7-22,25,37,42,45H,6,23-24,26-27H2,1H3,(H,44,46)/t37-,40-/m0/s1. The first-order chi connectivity index (χ1) is 23.4. The highest BCUT2D eigenvalue weighted by atomic mass is 79.9. The maximum atomic E-state index is 14.5. The summed E-state index contributed by atoms with van der Waals surface area (Å²) in [5, 5.41) is 9.11. The molecular formula is C40H38BrN3O4. The number of aryl methyl sites for hydroxylation is 1. The number of amides is 1. The number of carbonyl (C=O) groups is 1. The molecule has 5 aromatic carbocycles. The number of ether oxygens (including phenoxy) is 2. The third kappa shape index (κ3) is 7.85. The molecule has 48 heavy (non-hydrogen) atoms. The molecule has 0 bridgehead atoms. The van der Waals surface area contributed by atoms with Crippen molar-refractivity contribution in [3.05, 3.63) is 160 Å². The topological polar surface area (TPSA) is 92.2 Å². The van der Waals surface area contributed by atoms with Crippen LogP contribution in [0.3, 0.4) is 0 Å². The summed E-state index contributed by atoms with van der Waals surface area (Å²) in [6.45, 7) is 2.98. The summed E-state index contributed by atoms with van der Waals surface area (Å²) >= 11 is 3.54. The van der Waals surface area contributed by atoms with Gasteiger partial charge in [0.1, 0.15) is 5.75 Å². The minimum atomic E-state index is -1.34. The Morgan fingerprint density at radius 2 is 1.56 bits per heavy atom. The maximum Gasteiger partial charge on any atom is 0.266 e. The van der Waals surface area contributed by atoms with Crippen molar-refractivity contribution in [2.45, 2.75) is 38.0 Å². The Balaban J connectivity index is 1.37. The Morgan fingerprint density at radius 3 is 2.27 bits per heavy atom. The normalized spacial score (nSPS) is 17.0. The van der Waals surface area contributed by atoms with Gasteiger partial charge in [0, 0.05) is 36.0 Å². The van der Waals surface area contributed by atoms with Crippen LogP contribution >= 0.6 is 15.9 Å². The van der Waals surface area contributed by atoms with Gasteiger partial charge in [-0.15, -0.1) is 0 Å². The maximum absolute atomic E-state index is 14.5. The van der Waals surface area contributed by atoms with Crippen LogP contribution in [0.15, 0.2) is 137 Å². The van der Waals surface area contributed by atoms with Crippen molar-refractivity contribution in [2.24, 2.45) is 4.99 Å². The molecule has 1 heterocycles. The molecule has 244 valence electrons. The second kappa shape index (κ2) is 15.4. The number of hydrazine groups is 1. The van der Waals surface area contributed by atoms with E-state index in [1.165, 1.54) is 0 Å². The number of benzene rings is 5. The minimum Gasteiger partial charge on any atom is -0.494 e. The molecule has 5 aromatic rings. The Kier molecular flexibility index (Phi) is 10.7. The zero-order valence-corrected chi connectivity index (χ0v) is 28.3. The first kappa shape index (κ1) is 33.2. The fourth-order valence-corrected chi connectivity index (χ4v) is 6.10. The number of aliphatic hydroxyl groups is 1. The summed E-state index contributed by atoms with van der Waals surface area (Å²) in [5.74, 6) is 0.757. The van der Waals surface area contributed by atoms with Gasteiger partial charge in [0.05, 0.1) is 6.61 Å². The number of carbonyl (C=O) groups excluding carboxylic acids is 1. The second-order valence-corrected chi connectivity index (χ2v) is 12.8. The van der Waals surface area contributed by atoms with Crippen molar-refractivity contribution in [2.75, 3.05) is 13.2 Å². The quantitative estimate of drug-likeness (QED) is 0.0873. The third-order valence-corrected chi connectivity index (χ3v) is 8.84. The van der Waals surface area contributed by atoms with Crippen molar-refractivity contribution >= 4 is 27.7 Å². The van der Waals surface area contributed by atoms with E-state index in [9.17, 15) is 4.79 Å². The van der Waals surface area contributed by atoms with Crippen LogP contribution in [-0.4, -0.2) is 35.7 Å². The van der Waals surface area contributed by atoms with E-state index >= 15 is 0 Å². The Bertz CT molecular complexity index is 1850. The zero-order valence-electron chi connectivity index (χ0n) is 26.7. The van der Waals surface area contributed by atoms with E-state index in [0.717, 1.165) is 43.4 Å². The molecule has 0 fully saturated rings. The number of nitrogens with zero attached hydrogens (tertiary/aromatic N) is 1. The van der Waals surface area contributed by atoms with E-state index in [0.29, 0.717) is 37.6 Å². The number of aliphatic imine (C=N–C) groups is 1. The van der Waals surface area contributed by atoms with Gasteiger partial charge in [-0.05, 0) is 71.1 Å². The molecule has 3 N–H and O–H groups in total. The number of hydrogen-bond acceptors (Lipinski definition) is 6. The predicted octanol–water partition coefficient (Wildman–Crippen LogP) is 7.51. The highest BCUT2D eigenvalue weighted by Gasteiger charge is 2.53. The van der Waals surface area contributed by atoms with Crippen LogP contribution < -0.4 is 15.6 Å². The number of aliphatic hydroxyl groups excluding tert-OH is 1. The van der Waals surface area contributed by atoms with Crippen LogP contribution in [0, 0.1) is 6.92 Å². The number of hydrogen-bond donors (Lipinski definition) is 3. The molecule has 0 saturated heterocycles. The molecule has 0 unspecified atom stereocenters. The van der Waals surface area contributed by atoms with E-state index in [1.54, 1.807) is 0 Å². The average molecular weight is 705 g/mol. The smallest absolute Gasteiger partial charge is 0.266 e. The van der Waals surface area contributed by atoms with Crippen molar-refractivity contribution < 1.29 is 19.4 Å². The van der Waals surface area contributed by atoms with Crippen LogP contribution in [0.5, 0.6) is 5.75 Å². The van der Waals surface area contributed by atoms with Crippen LogP contribution in [0.1, 0.15) is 40.3 Å². The van der Waals surface area contributed by atoms with Crippen molar-refractivity contribution in [3.8, 4) is 16.9 Å². The lowest BCUT2D eigenvalue weighted by Crippen LogP contribution is -2.53. The molecule has 0 radical (unpaired) electrons. The molecule has 1 amide bonds. The fraction of sp³-hybridized carbons (Fsp3) is 0.200. The lowest BCUT2D eigenvalue weighted by Gasteiger charge is -2.31. The Hall–Kier alpha value is -4.76. The first-order valence-corrected chi connectivity index (χ1v) is 16.8. The molecule has 0 aliphatic carbocycles. The molecule has 0 aromatic heterocycles. The molecule has 0 spiro atoms. The summed E-state index contributed by atoms with van der Waals surface area (Å²) in [7, 11) is 0. The summed E-state index contributed by atoms with van der Waals surface area (Å²) in [6, 6.07) is 41.9. The molecule has 1 aliphatic heterocycles. The van der Waals surface area contributed by atoms with Crippen LogP contribution in [-0.2, 0) is 22.5 Å². The monoisotopic (exact) mass is 703 g/mol. The summed E-state index contributed by atoms with van der Waals surface area (Å²) in [4.78, 5) is 19.7. The lowest BCUT2D eigenvalue weighted by molar-refractivity contribution is -0.130. The van der Waals surface area contributed by atoms with E-state index in [2.05, 4.69) is 57.1 Å². The van der Waals surface area contributed by atoms with Crippen LogP contribution in [0.4, 0.5) is 0 Å². The SMILES string of the molecule is Cc1cccc(CNNC(=O)[C@@]2(Cc3ccc(Br)cc3)N=C(c3ccc(OCCCO)cc3)O[C@H]2c2ccc(-c3ccccc3)cc2)c1. The van der Waals surface area contributed by atoms with Gasteiger partial charge in [0.2, 0.25) is 5.90 Å². The Labute approximate surface area is 289 Å². The highest BCUT2D eigenvalue weighted by Crippen LogP contribution is 2.43. The first-order valence-electron chi connectivity index (χ1n) is 16.0. The zero-order chi connectivity index (χ0) is 33.3. The number of rotatable bonds is 13. The van der Waals surface area contributed by atoms with Crippen LogP contribution in [0.25, 0.3) is 11.1 Å². The van der Waals surface area contributed by atoms with Crippen molar-refractivity contribution in [1.29, 1.82) is 0 Å². The van der Waals surface area contributed by atoms with Gasteiger partial charge in [0.15, 0.2) is 11.6 Å². The van der Waals surface area contributed by atoms with Gasteiger partial charge in [-0.3, -0.25) is 10.2 Å². The van der Waals surface area contributed by atoms with Gasteiger partial charge < -0.3 is 14.6 Å². The van der Waals surface area contributed by atoms with E-state index < -0.39 is 11.6 Å². The minimum absolute atomic E-state index is 0.0683. The molecule has 7 nitrogen and oxygen atoms in total. The highest BCUT2D eigenvalue weighted by molar-refractivity contribution is 9.10. The third-order valence-electron chi connectivity index (χ3n) is 8.31. The van der Waals surface area contributed by atoms with E-state index in [1.807, 2.05) is 104 Å². The molecule has 2 atom stereocenters. The molecule has 8 heteroatoms. The summed E-state index contributed by atoms with van der Waals surface area (Å²) in [5.41, 5.74) is 11.7. The Morgan fingerprint density at radius 1 is 0.854 bits per heavy atom. The van der Waals surface area contributed by atoms with Gasteiger partial charge >= 0.3 is 0 Å². The van der Waals surface area contributed by atoms with Crippen LogP contribution in [0.2, 0.25) is 0 Å². The van der Waals surface area contributed by atoms with Gasteiger partial charge in [-0.25, -0.2) is 10.4 Å². The van der Waals surface area contributed by atoms with Crippen molar-refractivity contribution in [1.82, 2.24) is 10.9 Å². The summed E-state index contributed by atoms with van der Waals surface area (Å²) in [6.07, 6.45) is 0.130. The molecule has 1 aliphatic rings. The van der Waals surface area contributed by atoms with Crippen molar-refractivity contribution in [3.63, 3.8) is 0 Å². The molecular weight excluding hydrogens is 666 g/mol. The van der Waals surface area contributed by atoms with Gasteiger partial charge in [0.25, 0.3) is 5.91 Å². The van der Waals surface area contributed by atoms with Gasteiger partial charge in [-0.2, -0.15) is 0 Å². The largest absolute Gasteiger partial charge is 0.494 e. The molecule has 0 saturated carbocycles. The molecule has 6 rings (SSSR count). The predicted molar refractivity (Wildman–Crippen MR) is 193 cm³/mol. The summed E-state index contributed by atoms with van der Waals surface area (Å²) < 4.78 is 13.4. The average Bonchev–Trinajstić information content (AvgIpc) is 3.50. The number of halogens is 1. The second-order valence-electron chi connectivity index (χ2n) is 11.9. The van der Waals surface area contributed by atoms with E-state index in [-0.39, 0.29) is 12.5 Å². The lowest BCUT2D eigenvalue weighted by atomic mass is 9.82. The van der Waals surface area contributed by atoms with Gasteiger partial charge in [-0.1, -0.05) is 112 Å². The fourth-order valence-electron chi connectivity index (χ4n) is 5.83. The number of nitrogens with one attached hydrogen (secondary N) is 2. The van der Waals surface area contributed by atoms with E-state index in [4.69, 9.17) is 19.6 Å².